The van der Waals surface area contributed by atoms with Crippen LogP contribution in [0.2, 0.25) is 5.02 Å². The Morgan fingerprint density at radius 3 is 2.56 bits per heavy atom. The molecule has 0 fully saturated rings. The van der Waals surface area contributed by atoms with Crippen LogP contribution in [-0.2, 0) is 11.3 Å². The summed E-state index contributed by atoms with van der Waals surface area (Å²) in [5, 5.41) is 9.51. The van der Waals surface area contributed by atoms with E-state index < -0.39 is 17.3 Å². The number of hydrogen-bond donors (Lipinski definition) is 1. The SMILES string of the molecule is CCN(Cc1ccc(F)cc1Cl)C(C)(C)C(=O)O. The molecule has 0 aliphatic carbocycles. The molecular weight excluding hydrogens is 257 g/mol. The third-order valence-corrected chi connectivity index (χ3v) is 3.42. The monoisotopic (exact) mass is 273 g/mol. The maximum atomic E-state index is 12.9. The van der Waals surface area contributed by atoms with Gasteiger partial charge in [-0.2, -0.15) is 0 Å². The smallest absolute Gasteiger partial charge is 0.323 e. The average Bonchev–Trinajstić information content (AvgIpc) is 2.27. The second-order valence-electron chi connectivity index (χ2n) is 4.61. The number of rotatable bonds is 5. The fourth-order valence-corrected chi connectivity index (χ4v) is 1.92. The molecule has 0 unspecified atom stereocenters. The van der Waals surface area contributed by atoms with Crippen LogP contribution in [0.3, 0.4) is 0 Å². The summed E-state index contributed by atoms with van der Waals surface area (Å²) in [4.78, 5) is 13.0. The second-order valence-corrected chi connectivity index (χ2v) is 5.02. The van der Waals surface area contributed by atoms with Crippen molar-refractivity contribution in [2.24, 2.45) is 0 Å². The van der Waals surface area contributed by atoms with Gasteiger partial charge < -0.3 is 5.11 Å². The molecular formula is C13H17ClFNO2. The second kappa shape index (κ2) is 5.67. The minimum Gasteiger partial charge on any atom is -0.480 e. The van der Waals surface area contributed by atoms with Gasteiger partial charge in [0.05, 0.1) is 0 Å². The Bertz CT molecular complexity index is 449. The summed E-state index contributed by atoms with van der Waals surface area (Å²) >= 11 is 5.95. The Hall–Kier alpha value is -1.13. The number of nitrogens with zero attached hydrogens (tertiary/aromatic N) is 1. The van der Waals surface area contributed by atoms with Crippen LogP contribution in [0.25, 0.3) is 0 Å². The van der Waals surface area contributed by atoms with Crippen molar-refractivity contribution in [3.8, 4) is 0 Å². The lowest BCUT2D eigenvalue weighted by Gasteiger charge is -2.34. The summed E-state index contributed by atoms with van der Waals surface area (Å²) in [6.45, 7) is 6.08. The topological polar surface area (TPSA) is 40.5 Å². The molecule has 0 spiro atoms. The van der Waals surface area contributed by atoms with E-state index in [0.717, 1.165) is 0 Å². The highest BCUT2D eigenvalue weighted by Crippen LogP contribution is 2.23. The molecule has 18 heavy (non-hydrogen) atoms. The van der Waals surface area contributed by atoms with Crippen molar-refractivity contribution in [1.29, 1.82) is 0 Å². The van der Waals surface area contributed by atoms with Gasteiger partial charge in [-0.25, -0.2) is 4.39 Å². The van der Waals surface area contributed by atoms with E-state index in [9.17, 15) is 14.3 Å². The zero-order valence-electron chi connectivity index (χ0n) is 10.7. The summed E-state index contributed by atoms with van der Waals surface area (Å²) in [5.74, 6) is -1.30. The lowest BCUT2D eigenvalue weighted by Crippen LogP contribution is -2.49. The fourth-order valence-electron chi connectivity index (χ4n) is 1.70. The van der Waals surface area contributed by atoms with Crippen molar-refractivity contribution in [3.05, 3.63) is 34.6 Å². The highest BCUT2D eigenvalue weighted by atomic mass is 35.5. The number of carbonyl (C=O) groups is 1. The van der Waals surface area contributed by atoms with Crippen molar-refractivity contribution in [2.45, 2.75) is 32.9 Å². The molecule has 0 amide bonds. The minimum absolute atomic E-state index is 0.314. The molecule has 1 N–H and O–H groups in total. The Morgan fingerprint density at radius 1 is 1.50 bits per heavy atom. The molecule has 0 radical (unpaired) electrons. The van der Waals surface area contributed by atoms with Gasteiger partial charge in [0.1, 0.15) is 11.4 Å². The summed E-state index contributed by atoms with van der Waals surface area (Å²) in [6.07, 6.45) is 0. The van der Waals surface area contributed by atoms with E-state index in [-0.39, 0.29) is 0 Å². The summed E-state index contributed by atoms with van der Waals surface area (Å²) in [6, 6.07) is 4.14. The Labute approximate surface area is 111 Å². The average molecular weight is 274 g/mol. The number of aliphatic carboxylic acids is 1. The number of likely N-dealkylation sites (N-methyl/N-ethyl adjacent to an activating group) is 1. The van der Waals surface area contributed by atoms with Crippen LogP contribution in [0.1, 0.15) is 26.3 Å². The van der Waals surface area contributed by atoms with Gasteiger partial charge in [-0.1, -0.05) is 24.6 Å². The molecule has 0 aliphatic heterocycles. The van der Waals surface area contributed by atoms with Crippen molar-refractivity contribution in [3.63, 3.8) is 0 Å². The number of halogens is 2. The first-order chi connectivity index (χ1) is 8.28. The molecule has 3 nitrogen and oxygen atoms in total. The molecule has 0 aliphatic rings. The van der Waals surface area contributed by atoms with Gasteiger partial charge in [0, 0.05) is 11.6 Å². The molecule has 1 aromatic carbocycles. The number of hydrogen-bond acceptors (Lipinski definition) is 2. The Kier molecular flexibility index (Phi) is 4.71. The number of benzene rings is 1. The molecule has 100 valence electrons. The van der Waals surface area contributed by atoms with Crippen LogP contribution in [0.4, 0.5) is 4.39 Å². The maximum Gasteiger partial charge on any atom is 0.323 e. The third kappa shape index (κ3) is 3.21. The van der Waals surface area contributed by atoms with Crippen LogP contribution < -0.4 is 0 Å². The highest BCUT2D eigenvalue weighted by molar-refractivity contribution is 6.31. The van der Waals surface area contributed by atoms with Gasteiger partial charge in [0.15, 0.2) is 0 Å². The zero-order chi connectivity index (χ0) is 13.9. The standard InChI is InChI=1S/C13H17ClFNO2/c1-4-16(13(2,3)12(17)18)8-9-5-6-10(15)7-11(9)14/h5-7H,4,8H2,1-3H3,(H,17,18). The molecule has 0 saturated heterocycles. The van der Waals surface area contributed by atoms with E-state index in [1.54, 1.807) is 24.8 Å². The van der Waals surface area contributed by atoms with Gasteiger partial charge in [0.2, 0.25) is 0 Å². The normalized spacial score (nSPS) is 11.9. The summed E-state index contributed by atoms with van der Waals surface area (Å²) < 4.78 is 12.9. The van der Waals surface area contributed by atoms with E-state index in [0.29, 0.717) is 23.7 Å². The van der Waals surface area contributed by atoms with Gasteiger partial charge >= 0.3 is 5.97 Å². The van der Waals surface area contributed by atoms with Gasteiger partial charge in [0.25, 0.3) is 0 Å². The predicted octanol–water partition coefficient (Wildman–Crippen LogP) is 3.16. The maximum absolute atomic E-state index is 12.9. The van der Waals surface area contributed by atoms with Crippen molar-refractivity contribution in [2.75, 3.05) is 6.54 Å². The molecule has 0 bridgehead atoms. The van der Waals surface area contributed by atoms with E-state index in [1.165, 1.54) is 12.1 Å². The molecule has 0 aromatic heterocycles. The van der Waals surface area contributed by atoms with Crippen molar-refractivity contribution in [1.82, 2.24) is 4.90 Å². The largest absolute Gasteiger partial charge is 0.480 e. The molecule has 1 aromatic rings. The zero-order valence-corrected chi connectivity index (χ0v) is 11.5. The molecule has 1 rings (SSSR count). The molecule has 0 heterocycles. The lowest BCUT2D eigenvalue weighted by atomic mass is 10.0. The highest BCUT2D eigenvalue weighted by Gasteiger charge is 2.33. The van der Waals surface area contributed by atoms with E-state index in [2.05, 4.69) is 0 Å². The summed E-state index contributed by atoms with van der Waals surface area (Å²) in [7, 11) is 0. The third-order valence-electron chi connectivity index (χ3n) is 3.07. The molecule has 5 heteroatoms. The van der Waals surface area contributed by atoms with Crippen LogP contribution in [0.5, 0.6) is 0 Å². The van der Waals surface area contributed by atoms with E-state index in [4.69, 9.17) is 11.6 Å². The van der Waals surface area contributed by atoms with E-state index in [1.807, 2.05) is 6.92 Å². The summed E-state index contributed by atoms with van der Waals surface area (Å²) in [5.41, 5.74) is -0.277. The minimum atomic E-state index is -0.994. The van der Waals surface area contributed by atoms with Crippen LogP contribution in [-0.4, -0.2) is 28.1 Å². The lowest BCUT2D eigenvalue weighted by molar-refractivity contribution is -0.149. The number of carboxylic acids is 1. The van der Waals surface area contributed by atoms with Crippen molar-refractivity contribution < 1.29 is 14.3 Å². The Morgan fingerprint density at radius 2 is 2.11 bits per heavy atom. The van der Waals surface area contributed by atoms with E-state index >= 15 is 0 Å². The predicted molar refractivity (Wildman–Crippen MR) is 69.2 cm³/mol. The Balaban J connectivity index is 2.96. The molecule has 0 saturated carbocycles. The van der Waals surface area contributed by atoms with Crippen LogP contribution in [0.15, 0.2) is 18.2 Å². The first kappa shape index (κ1) is 14.9. The first-order valence-electron chi connectivity index (χ1n) is 5.71. The van der Waals surface area contributed by atoms with Gasteiger partial charge in [-0.3, -0.25) is 9.69 Å². The fraction of sp³-hybridized carbons (Fsp3) is 0.462. The van der Waals surface area contributed by atoms with Crippen LogP contribution >= 0.6 is 11.6 Å². The first-order valence-corrected chi connectivity index (χ1v) is 6.09. The quantitative estimate of drug-likeness (QED) is 0.896. The molecule has 0 atom stereocenters. The van der Waals surface area contributed by atoms with Gasteiger partial charge in [-0.05, 0) is 38.1 Å². The van der Waals surface area contributed by atoms with Crippen molar-refractivity contribution >= 4 is 17.6 Å². The van der Waals surface area contributed by atoms with Gasteiger partial charge in [-0.15, -0.1) is 0 Å². The van der Waals surface area contributed by atoms with Crippen LogP contribution in [0, 0.1) is 5.82 Å². The number of carboxylic acid groups (broad SMARTS) is 1.